The van der Waals surface area contributed by atoms with Gasteiger partial charge in [0.25, 0.3) is 0 Å². The molecule has 1 aliphatic heterocycles. The molecule has 0 spiro atoms. The van der Waals surface area contributed by atoms with Crippen LogP contribution in [0.5, 0.6) is 0 Å². The fraction of sp³-hybridized carbons (Fsp3) is 0.154. The first kappa shape index (κ1) is 28.4. The van der Waals surface area contributed by atoms with Gasteiger partial charge < -0.3 is 13.7 Å². The molecular weight excluding hydrogens is 569 g/mol. The van der Waals surface area contributed by atoms with Gasteiger partial charge in [-0.05, 0) is 56.4 Å². The number of hydrogen-bond acceptors (Lipinski definition) is 6. The van der Waals surface area contributed by atoms with Gasteiger partial charge in [0.05, 0.1) is 11.2 Å². The number of benzene rings is 5. The van der Waals surface area contributed by atoms with E-state index in [1.165, 1.54) is 0 Å². The van der Waals surface area contributed by atoms with Crippen LogP contribution in [0.15, 0.2) is 126 Å². The van der Waals surface area contributed by atoms with Crippen LogP contribution in [0.2, 0.25) is 0 Å². The minimum absolute atomic E-state index is 0.474. The lowest BCUT2D eigenvalue weighted by Gasteiger charge is -2.32. The Morgan fingerprint density at radius 3 is 1.52 bits per heavy atom. The summed E-state index contributed by atoms with van der Waals surface area (Å²) in [5, 5.41) is 2.08. The molecule has 7 heteroatoms. The van der Waals surface area contributed by atoms with Crippen LogP contribution in [0.1, 0.15) is 27.7 Å². The second kappa shape index (κ2) is 10.8. The predicted molar refractivity (Wildman–Crippen MR) is 185 cm³/mol. The van der Waals surface area contributed by atoms with Crippen molar-refractivity contribution < 1.29 is 13.7 Å². The highest BCUT2D eigenvalue weighted by molar-refractivity contribution is 6.64. The summed E-state index contributed by atoms with van der Waals surface area (Å²) >= 11 is 0. The van der Waals surface area contributed by atoms with Gasteiger partial charge in [0.2, 0.25) is 0 Å². The fourth-order valence-corrected chi connectivity index (χ4v) is 6.03. The maximum absolute atomic E-state index is 6.57. The molecule has 0 saturated carbocycles. The first-order chi connectivity index (χ1) is 22.3. The SMILES string of the molecule is CC1(C)OB(c2ccc3oc4ccccc4c3c2-c2ccc(-c3nc(-c4ccccc4)nc(-c4ccccc4)n3)cc2)OC1(C)C. The van der Waals surface area contributed by atoms with Crippen molar-refractivity contribution in [3.63, 3.8) is 0 Å². The van der Waals surface area contributed by atoms with E-state index in [-0.39, 0.29) is 0 Å². The van der Waals surface area contributed by atoms with Crippen LogP contribution in [0.25, 0.3) is 67.2 Å². The van der Waals surface area contributed by atoms with E-state index in [0.717, 1.165) is 55.2 Å². The summed E-state index contributed by atoms with van der Waals surface area (Å²) in [6.07, 6.45) is 0. The van der Waals surface area contributed by atoms with Crippen molar-refractivity contribution in [1.82, 2.24) is 15.0 Å². The minimum atomic E-state index is -0.539. The monoisotopic (exact) mass is 601 g/mol. The van der Waals surface area contributed by atoms with E-state index in [9.17, 15) is 0 Å². The summed E-state index contributed by atoms with van der Waals surface area (Å²) in [7, 11) is -0.539. The molecular formula is C39H32BN3O3. The summed E-state index contributed by atoms with van der Waals surface area (Å²) in [5.41, 5.74) is 6.48. The molecule has 1 aliphatic rings. The molecule has 7 aromatic rings. The van der Waals surface area contributed by atoms with Gasteiger partial charge in [-0.25, -0.2) is 15.0 Å². The van der Waals surface area contributed by atoms with E-state index < -0.39 is 18.3 Å². The number of rotatable bonds is 5. The van der Waals surface area contributed by atoms with Gasteiger partial charge in [0.15, 0.2) is 17.5 Å². The van der Waals surface area contributed by atoms with Crippen LogP contribution in [-0.2, 0) is 9.31 Å². The summed E-state index contributed by atoms with van der Waals surface area (Å²) in [6.45, 7) is 8.31. The Morgan fingerprint density at radius 2 is 0.957 bits per heavy atom. The molecule has 0 N–H and O–H groups in total. The first-order valence-corrected chi connectivity index (χ1v) is 15.5. The summed E-state index contributed by atoms with van der Waals surface area (Å²) < 4.78 is 19.5. The van der Waals surface area contributed by atoms with Gasteiger partial charge in [0.1, 0.15) is 11.2 Å². The third kappa shape index (κ3) is 4.80. The lowest BCUT2D eigenvalue weighted by molar-refractivity contribution is 0.00578. The smallest absolute Gasteiger partial charge is 0.456 e. The van der Waals surface area contributed by atoms with Crippen molar-refractivity contribution in [2.24, 2.45) is 0 Å². The maximum Gasteiger partial charge on any atom is 0.495 e. The van der Waals surface area contributed by atoms with E-state index >= 15 is 0 Å². The van der Waals surface area contributed by atoms with Gasteiger partial charge >= 0.3 is 7.12 Å². The molecule has 5 aromatic carbocycles. The predicted octanol–water partition coefficient (Wildman–Crippen LogP) is 8.74. The molecule has 224 valence electrons. The van der Waals surface area contributed by atoms with Gasteiger partial charge in [-0.15, -0.1) is 0 Å². The summed E-state index contributed by atoms with van der Waals surface area (Å²) in [4.78, 5) is 14.7. The molecule has 0 aliphatic carbocycles. The molecule has 46 heavy (non-hydrogen) atoms. The third-order valence-corrected chi connectivity index (χ3v) is 9.21. The highest BCUT2D eigenvalue weighted by Crippen LogP contribution is 2.41. The summed E-state index contributed by atoms with van der Waals surface area (Å²) in [6, 6.07) is 40.7. The molecule has 0 unspecified atom stereocenters. The van der Waals surface area contributed by atoms with Gasteiger partial charge in [-0.2, -0.15) is 0 Å². The van der Waals surface area contributed by atoms with Gasteiger partial charge in [-0.3, -0.25) is 0 Å². The number of para-hydroxylation sites is 1. The van der Waals surface area contributed by atoms with Crippen molar-refractivity contribution in [3.8, 4) is 45.3 Å². The third-order valence-electron chi connectivity index (χ3n) is 9.21. The van der Waals surface area contributed by atoms with Crippen LogP contribution in [0, 0.1) is 0 Å². The van der Waals surface area contributed by atoms with E-state index in [1.54, 1.807) is 0 Å². The molecule has 2 aromatic heterocycles. The Balaban J connectivity index is 1.28. The molecule has 0 bridgehead atoms. The van der Waals surface area contributed by atoms with Gasteiger partial charge in [-0.1, -0.05) is 109 Å². The standard InChI is InChI=1S/C39H32BN3O3/c1-38(2)39(3,4)46-40(45-38)30-23-24-32-34(29-17-11-12-18-31(29)44-32)33(30)25-19-21-28(22-20-25)37-42-35(26-13-7-5-8-14-26)41-36(43-37)27-15-9-6-10-16-27/h5-24H,1-4H3. The van der Waals surface area contributed by atoms with Crippen molar-refractivity contribution >= 4 is 34.5 Å². The van der Waals surface area contributed by atoms with Crippen molar-refractivity contribution in [2.45, 2.75) is 38.9 Å². The Bertz CT molecular complexity index is 2140. The number of nitrogens with zero attached hydrogens (tertiary/aromatic N) is 3. The van der Waals surface area contributed by atoms with Crippen LogP contribution in [0.4, 0.5) is 0 Å². The second-order valence-electron chi connectivity index (χ2n) is 12.7. The molecule has 8 rings (SSSR count). The van der Waals surface area contributed by atoms with Crippen LogP contribution < -0.4 is 5.46 Å². The average Bonchev–Trinajstić information content (AvgIpc) is 3.57. The first-order valence-electron chi connectivity index (χ1n) is 15.5. The average molecular weight is 602 g/mol. The number of hydrogen-bond donors (Lipinski definition) is 0. The lowest BCUT2D eigenvalue weighted by atomic mass is 9.73. The van der Waals surface area contributed by atoms with Crippen LogP contribution in [0.3, 0.4) is 0 Å². The zero-order valence-electron chi connectivity index (χ0n) is 26.2. The highest BCUT2D eigenvalue weighted by atomic mass is 16.7. The Labute approximate surface area is 268 Å². The minimum Gasteiger partial charge on any atom is -0.456 e. The van der Waals surface area contributed by atoms with E-state index in [1.807, 2.05) is 84.9 Å². The Kier molecular flexibility index (Phi) is 6.64. The van der Waals surface area contributed by atoms with Crippen molar-refractivity contribution in [3.05, 3.63) is 121 Å². The highest BCUT2D eigenvalue weighted by Gasteiger charge is 2.52. The fourth-order valence-electron chi connectivity index (χ4n) is 6.03. The Hall–Kier alpha value is -5.11. The number of fused-ring (bicyclic) bond motifs is 3. The number of furan rings is 1. The Morgan fingerprint density at radius 1 is 0.478 bits per heavy atom. The van der Waals surface area contributed by atoms with Gasteiger partial charge in [0, 0.05) is 27.5 Å². The largest absolute Gasteiger partial charge is 0.495 e. The van der Waals surface area contributed by atoms with E-state index in [2.05, 4.69) is 64.1 Å². The molecule has 6 nitrogen and oxygen atoms in total. The summed E-state index contributed by atoms with van der Waals surface area (Å²) in [5.74, 6) is 1.87. The van der Waals surface area contributed by atoms with Crippen LogP contribution in [-0.4, -0.2) is 33.3 Å². The van der Waals surface area contributed by atoms with Crippen molar-refractivity contribution in [1.29, 1.82) is 0 Å². The molecule has 1 saturated heterocycles. The zero-order chi connectivity index (χ0) is 31.5. The second-order valence-corrected chi connectivity index (χ2v) is 12.7. The molecule has 1 fully saturated rings. The molecule has 0 amide bonds. The quantitative estimate of drug-likeness (QED) is 0.184. The number of aromatic nitrogens is 3. The zero-order valence-corrected chi connectivity index (χ0v) is 26.2. The molecule has 0 radical (unpaired) electrons. The maximum atomic E-state index is 6.57. The van der Waals surface area contributed by atoms with E-state index in [4.69, 9.17) is 28.7 Å². The molecule has 3 heterocycles. The lowest BCUT2D eigenvalue weighted by Crippen LogP contribution is -2.41. The topological polar surface area (TPSA) is 70.3 Å². The van der Waals surface area contributed by atoms with Crippen molar-refractivity contribution in [2.75, 3.05) is 0 Å². The van der Waals surface area contributed by atoms with E-state index in [0.29, 0.717) is 17.5 Å². The normalized spacial score (nSPS) is 15.5. The molecule has 0 atom stereocenters. The van der Waals surface area contributed by atoms with Crippen LogP contribution >= 0.6 is 0 Å².